The number of carbonyl (C=O) groups excluding carboxylic acids is 4. The van der Waals surface area contributed by atoms with E-state index < -0.39 is 35.0 Å². The third-order valence-electron chi connectivity index (χ3n) is 12.5. The third-order valence-corrected chi connectivity index (χ3v) is 14.8. The van der Waals surface area contributed by atoms with Gasteiger partial charge in [-0.15, -0.1) is 11.3 Å². The van der Waals surface area contributed by atoms with Crippen LogP contribution >= 0.6 is 45.5 Å². The minimum Gasteiger partial charge on any atom is -0.504 e. The first-order chi connectivity index (χ1) is 26.8. The second-order valence-corrected chi connectivity index (χ2v) is 17.9. The standard InChI is InChI=1S/C43H36ClIN4O6S/c1-6-21-7-10-24(11-8-21)48-39(51)26-13-12-25-28(35(26)41(48)53)18-29-40(52)49(42(54)43(29,3)36(25)22-15-30(45)37(50)32(16-22)55-5)34-19-31(46-47(34)4)38-20(2)27-17-23(44)9-14-33(27)56-38/h6-12,14-17,19,26,28-29,35-36,50H,1,13,18H2,2-5H3/t26-,28+,29-,35-,36-,43+/m0/s1. The Balaban J connectivity index is 1.16. The van der Waals surface area contributed by atoms with Gasteiger partial charge in [-0.05, 0) is 120 Å². The minimum atomic E-state index is -1.29. The summed E-state index contributed by atoms with van der Waals surface area (Å²) in [6.07, 6.45) is 4.22. The van der Waals surface area contributed by atoms with Crippen molar-refractivity contribution < 1.29 is 29.0 Å². The van der Waals surface area contributed by atoms with Crippen molar-refractivity contribution in [2.75, 3.05) is 16.9 Å². The Hall–Kier alpha value is -4.79. The highest BCUT2D eigenvalue weighted by molar-refractivity contribution is 14.1. The number of allylic oxidation sites excluding steroid dienone is 2. The van der Waals surface area contributed by atoms with Gasteiger partial charge in [0.05, 0.1) is 44.4 Å². The van der Waals surface area contributed by atoms with Gasteiger partial charge in [0.1, 0.15) is 11.5 Å². The number of methoxy groups -OCH3 is 1. The van der Waals surface area contributed by atoms with E-state index in [4.69, 9.17) is 21.4 Å². The number of halogens is 2. The van der Waals surface area contributed by atoms with Gasteiger partial charge in [-0.3, -0.25) is 28.8 Å². The summed E-state index contributed by atoms with van der Waals surface area (Å²) in [5.41, 5.74) is 3.19. The first-order valence-corrected chi connectivity index (χ1v) is 20.5. The Morgan fingerprint density at radius 2 is 1.77 bits per heavy atom. The van der Waals surface area contributed by atoms with Crippen LogP contribution in [0.1, 0.15) is 42.4 Å². The third kappa shape index (κ3) is 5.14. The lowest BCUT2D eigenvalue weighted by molar-refractivity contribution is -0.131. The maximum Gasteiger partial charge on any atom is 0.242 e. The Bertz CT molecular complexity index is 2610. The normalized spacial score (nSPS) is 25.8. The number of carbonyl (C=O) groups is 4. The Kier molecular flexibility index (Phi) is 8.64. The molecule has 2 aliphatic heterocycles. The molecule has 0 radical (unpaired) electrons. The van der Waals surface area contributed by atoms with Gasteiger partial charge in [-0.1, -0.05) is 48.0 Å². The average Bonchev–Trinajstić information content (AvgIpc) is 3.86. The quantitative estimate of drug-likeness (QED) is 0.103. The van der Waals surface area contributed by atoms with E-state index in [-0.39, 0.29) is 41.5 Å². The van der Waals surface area contributed by atoms with Crippen LogP contribution in [-0.2, 0) is 26.2 Å². The molecule has 13 heteroatoms. The number of aryl methyl sites for hydroxylation is 2. The number of thiophene rings is 1. The number of phenols is 1. The maximum atomic E-state index is 15.2. The molecule has 56 heavy (non-hydrogen) atoms. The van der Waals surface area contributed by atoms with Crippen LogP contribution in [0.4, 0.5) is 11.5 Å². The van der Waals surface area contributed by atoms with Crippen LogP contribution < -0.4 is 14.5 Å². The van der Waals surface area contributed by atoms with Crippen molar-refractivity contribution in [3.8, 4) is 22.1 Å². The summed E-state index contributed by atoms with van der Waals surface area (Å²) in [5.74, 6) is -4.17. The molecule has 4 amide bonds. The van der Waals surface area contributed by atoms with Crippen molar-refractivity contribution in [2.45, 2.75) is 32.6 Å². The fourth-order valence-corrected chi connectivity index (χ4v) is 11.7. The molecule has 5 aromatic rings. The number of aromatic hydroxyl groups is 1. The molecule has 1 saturated carbocycles. The SMILES string of the molecule is C=Cc1ccc(N2C(=O)[C@H]3[C@H](CC=C4[C@H]3C[C@H]3C(=O)N(c5cc(-c6sc7ccc(Cl)cc7c6C)nn5C)C(=O)[C@@]3(C)[C@H]4c3cc(I)c(O)c(OC)c3)C2=O)cc1. The molecular weight excluding hydrogens is 863 g/mol. The molecule has 2 aromatic heterocycles. The summed E-state index contributed by atoms with van der Waals surface area (Å²) in [6.45, 7) is 7.65. The summed E-state index contributed by atoms with van der Waals surface area (Å²) in [6, 6.07) is 18.2. The van der Waals surface area contributed by atoms with Gasteiger partial charge in [-0.2, -0.15) is 5.10 Å². The number of aromatic nitrogens is 2. The predicted octanol–water partition coefficient (Wildman–Crippen LogP) is 8.66. The topological polar surface area (TPSA) is 122 Å². The summed E-state index contributed by atoms with van der Waals surface area (Å²) in [5, 5.41) is 17.3. The second-order valence-electron chi connectivity index (χ2n) is 15.2. The van der Waals surface area contributed by atoms with Gasteiger partial charge in [0.25, 0.3) is 0 Å². The van der Waals surface area contributed by atoms with E-state index in [2.05, 4.69) is 6.58 Å². The highest BCUT2D eigenvalue weighted by Crippen LogP contribution is 2.64. The maximum absolute atomic E-state index is 15.2. The Morgan fingerprint density at radius 1 is 1.02 bits per heavy atom. The van der Waals surface area contributed by atoms with E-state index in [1.807, 2.05) is 78.9 Å². The number of hydrogen-bond acceptors (Lipinski definition) is 8. The lowest BCUT2D eigenvalue weighted by Crippen LogP contribution is -2.49. The molecule has 2 aliphatic carbocycles. The van der Waals surface area contributed by atoms with Gasteiger partial charge in [0, 0.05) is 28.8 Å². The summed E-state index contributed by atoms with van der Waals surface area (Å²) < 4.78 is 8.72. The zero-order valence-corrected chi connectivity index (χ0v) is 34.6. The van der Waals surface area contributed by atoms with Crippen LogP contribution in [0.3, 0.4) is 0 Å². The fourth-order valence-electron chi connectivity index (χ4n) is 9.76. The van der Waals surface area contributed by atoms with E-state index in [9.17, 15) is 19.5 Å². The molecule has 0 spiro atoms. The molecule has 2 saturated heterocycles. The molecule has 4 aliphatic rings. The molecule has 1 N–H and O–H groups in total. The lowest BCUT2D eigenvalue weighted by atomic mass is 9.51. The smallest absolute Gasteiger partial charge is 0.242 e. The molecule has 0 bridgehead atoms. The van der Waals surface area contributed by atoms with Gasteiger partial charge < -0.3 is 9.84 Å². The first kappa shape index (κ1) is 36.8. The summed E-state index contributed by atoms with van der Waals surface area (Å²) in [4.78, 5) is 62.2. The molecule has 284 valence electrons. The monoisotopic (exact) mass is 898 g/mol. The second kappa shape index (κ2) is 13.1. The van der Waals surface area contributed by atoms with E-state index in [1.54, 1.807) is 53.4 Å². The predicted molar refractivity (Wildman–Crippen MR) is 225 cm³/mol. The van der Waals surface area contributed by atoms with Crippen molar-refractivity contribution in [1.29, 1.82) is 0 Å². The van der Waals surface area contributed by atoms with Gasteiger partial charge in [-0.25, -0.2) is 4.90 Å². The fraction of sp³-hybridized carbons (Fsp3) is 0.279. The van der Waals surface area contributed by atoms with Crippen LogP contribution in [0, 0.1) is 39.6 Å². The molecule has 0 unspecified atom stereocenters. The first-order valence-electron chi connectivity index (χ1n) is 18.3. The van der Waals surface area contributed by atoms with Crippen LogP contribution in [0.5, 0.6) is 11.5 Å². The van der Waals surface area contributed by atoms with Crippen molar-refractivity contribution in [2.24, 2.45) is 36.1 Å². The average molecular weight is 899 g/mol. The molecule has 6 atom stereocenters. The number of phenolic OH excluding ortho intramolecular Hbond substituents is 1. The number of amides is 4. The highest BCUT2D eigenvalue weighted by atomic mass is 127. The van der Waals surface area contributed by atoms with Crippen LogP contribution in [-0.4, -0.2) is 45.6 Å². The van der Waals surface area contributed by atoms with Gasteiger partial charge in [0.2, 0.25) is 23.6 Å². The molecular formula is C43H36ClIN4O6S. The van der Waals surface area contributed by atoms with E-state index in [0.717, 1.165) is 31.7 Å². The highest BCUT2D eigenvalue weighted by Gasteiger charge is 2.68. The van der Waals surface area contributed by atoms with Gasteiger partial charge in [0.15, 0.2) is 11.5 Å². The minimum absolute atomic E-state index is 0.0325. The molecule has 9 rings (SSSR count). The lowest BCUT2D eigenvalue weighted by Gasteiger charge is -2.49. The number of benzene rings is 3. The number of ether oxygens (including phenoxy) is 1. The summed E-state index contributed by atoms with van der Waals surface area (Å²) in [7, 11) is 3.19. The van der Waals surface area contributed by atoms with E-state index in [1.165, 1.54) is 16.9 Å². The number of fused-ring (bicyclic) bond motifs is 5. The number of anilines is 2. The van der Waals surface area contributed by atoms with Crippen molar-refractivity contribution >= 4 is 96.8 Å². The zero-order valence-electron chi connectivity index (χ0n) is 30.9. The molecule has 10 nitrogen and oxygen atoms in total. The molecule has 3 aromatic carbocycles. The molecule has 4 heterocycles. The Morgan fingerprint density at radius 3 is 2.48 bits per heavy atom. The van der Waals surface area contributed by atoms with Crippen molar-refractivity contribution in [3.05, 3.63) is 104 Å². The number of nitrogens with zero attached hydrogens (tertiary/aromatic N) is 4. The van der Waals surface area contributed by atoms with E-state index >= 15 is 4.79 Å². The van der Waals surface area contributed by atoms with Crippen LogP contribution in [0.2, 0.25) is 5.02 Å². The van der Waals surface area contributed by atoms with Gasteiger partial charge >= 0.3 is 0 Å². The zero-order chi connectivity index (χ0) is 39.5. The van der Waals surface area contributed by atoms with E-state index in [0.29, 0.717) is 37.8 Å². The largest absolute Gasteiger partial charge is 0.504 e. The summed E-state index contributed by atoms with van der Waals surface area (Å²) >= 11 is 9.93. The molecule has 3 fully saturated rings. The van der Waals surface area contributed by atoms with Crippen LogP contribution in [0.15, 0.2) is 78.9 Å². The number of rotatable bonds is 6. The van der Waals surface area contributed by atoms with Crippen molar-refractivity contribution in [3.63, 3.8) is 0 Å². The van der Waals surface area contributed by atoms with Crippen LogP contribution in [0.25, 0.3) is 26.7 Å². The Labute approximate surface area is 345 Å². The number of imide groups is 2. The van der Waals surface area contributed by atoms with Crippen molar-refractivity contribution in [1.82, 2.24) is 9.78 Å². The number of hydrogen-bond donors (Lipinski definition) is 1.